The van der Waals surface area contributed by atoms with Crippen LogP contribution in [0.15, 0.2) is 36.5 Å². The third kappa shape index (κ3) is 3.69. The maximum absolute atomic E-state index is 12.5. The van der Waals surface area contributed by atoms with Crippen LogP contribution >= 0.6 is 24.8 Å². The molecule has 3 N–H and O–H groups in total. The number of pyridine rings is 1. The van der Waals surface area contributed by atoms with E-state index in [1.807, 2.05) is 30.3 Å². The van der Waals surface area contributed by atoms with E-state index in [-0.39, 0.29) is 36.8 Å². The number of nitrogens with one attached hydrogen (secondary N) is 1. The highest BCUT2D eigenvalue weighted by atomic mass is 35.5. The summed E-state index contributed by atoms with van der Waals surface area (Å²) in [6, 6.07) is 9.93. The molecule has 2 unspecified atom stereocenters. The number of halogens is 2. The molecule has 1 aliphatic carbocycles. The zero-order valence-corrected chi connectivity index (χ0v) is 13.8. The van der Waals surface area contributed by atoms with Crippen molar-refractivity contribution in [3.8, 4) is 0 Å². The number of hydrogen-bond donors (Lipinski definition) is 2. The van der Waals surface area contributed by atoms with E-state index in [2.05, 4.69) is 10.3 Å². The minimum absolute atomic E-state index is 0. The van der Waals surface area contributed by atoms with Crippen molar-refractivity contribution >= 4 is 41.5 Å². The molecule has 1 aromatic heterocycles. The summed E-state index contributed by atoms with van der Waals surface area (Å²) in [6.07, 6.45) is 4.94. The van der Waals surface area contributed by atoms with Gasteiger partial charge >= 0.3 is 0 Å². The Hall–Kier alpha value is -1.36. The predicted octanol–water partition coefficient (Wildman–Crippen LogP) is 2.94. The Labute approximate surface area is 142 Å². The first-order valence-electron chi connectivity index (χ1n) is 7.14. The zero-order chi connectivity index (χ0) is 13.9. The van der Waals surface area contributed by atoms with Crippen molar-refractivity contribution in [3.63, 3.8) is 0 Å². The first-order valence-corrected chi connectivity index (χ1v) is 7.14. The fraction of sp³-hybridized carbons (Fsp3) is 0.375. The minimum atomic E-state index is -0.0906. The molecule has 2 atom stereocenters. The van der Waals surface area contributed by atoms with E-state index < -0.39 is 0 Å². The number of fused-ring (bicyclic) bond motifs is 1. The van der Waals surface area contributed by atoms with Gasteiger partial charge in [-0.3, -0.25) is 9.78 Å². The van der Waals surface area contributed by atoms with Crippen molar-refractivity contribution < 1.29 is 4.79 Å². The standard InChI is InChI=1S/C16H19N3O.2ClH/c17-10-12-5-3-7-14(12)19-16(20)15-13-6-2-1-4-11(13)8-9-18-15;;/h1-2,4,6,8-9,12,14H,3,5,7,10,17H2,(H,19,20);2*1H. The fourth-order valence-corrected chi connectivity index (χ4v) is 3.05. The quantitative estimate of drug-likeness (QED) is 0.901. The van der Waals surface area contributed by atoms with Gasteiger partial charge in [-0.2, -0.15) is 0 Å². The van der Waals surface area contributed by atoms with Crippen LogP contribution in [0.5, 0.6) is 0 Å². The van der Waals surface area contributed by atoms with E-state index in [1.54, 1.807) is 6.20 Å². The van der Waals surface area contributed by atoms with Crippen LogP contribution in [-0.4, -0.2) is 23.5 Å². The van der Waals surface area contributed by atoms with Crippen molar-refractivity contribution in [1.82, 2.24) is 10.3 Å². The molecule has 1 heterocycles. The van der Waals surface area contributed by atoms with Crippen LogP contribution in [0.1, 0.15) is 29.8 Å². The summed E-state index contributed by atoms with van der Waals surface area (Å²) in [5, 5.41) is 5.04. The molecule has 2 aromatic rings. The Bertz CT molecular complexity index is 630. The molecule has 0 bridgehead atoms. The third-order valence-corrected chi connectivity index (χ3v) is 4.17. The molecule has 0 spiro atoms. The van der Waals surface area contributed by atoms with Gasteiger partial charge in [0.15, 0.2) is 0 Å². The second-order valence-electron chi connectivity index (χ2n) is 5.39. The molecule has 1 amide bonds. The van der Waals surface area contributed by atoms with Gasteiger partial charge in [0.25, 0.3) is 5.91 Å². The van der Waals surface area contributed by atoms with Crippen LogP contribution in [0.4, 0.5) is 0 Å². The average Bonchev–Trinajstić information content (AvgIpc) is 2.93. The molecule has 1 saturated carbocycles. The average molecular weight is 342 g/mol. The summed E-state index contributed by atoms with van der Waals surface area (Å²) in [7, 11) is 0. The SMILES string of the molecule is Cl.Cl.NCC1CCCC1NC(=O)c1nccc2ccccc12. The maximum Gasteiger partial charge on any atom is 0.270 e. The number of nitrogens with zero attached hydrogens (tertiary/aromatic N) is 1. The van der Waals surface area contributed by atoms with E-state index in [0.717, 1.165) is 30.0 Å². The molecule has 1 aliphatic rings. The number of carbonyl (C=O) groups excluding carboxylic acids is 1. The summed E-state index contributed by atoms with van der Waals surface area (Å²) >= 11 is 0. The lowest BCUT2D eigenvalue weighted by Crippen LogP contribution is -2.40. The summed E-state index contributed by atoms with van der Waals surface area (Å²) in [6.45, 7) is 0.633. The molecule has 0 radical (unpaired) electrons. The van der Waals surface area contributed by atoms with Crippen LogP contribution in [-0.2, 0) is 0 Å². The molecule has 6 heteroatoms. The van der Waals surface area contributed by atoms with Crippen LogP contribution in [0, 0.1) is 5.92 Å². The van der Waals surface area contributed by atoms with Gasteiger partial charge in [0, 0.05) is 17.6 Å². The Morgan fingerprint density at radius 2 is 2.00 bits per heavy atom. The number of benzene rings is 1. The summed E-state index contributed by atoms with van der Waals surface area (Å²) < 4.78 is 0. The molecule has 4 nitrogen and oxygen atoms in total. The number of nitrogens with two attached hydrogens (primary N) is 1. The van der Waals surface area contributed by atoms with Gasteiger partial charge in [-0.1, -0.05) is 30.7 Å². The van der Waals surface area contributed by atoms with Gasteiger partial charge in [-0.05, 0) is 36.8 Å². The van der Waals surface area contributed by atoms with Gasteiger partial charge in [0.2, 0.25) is 0 Å². The Morgan fingerprint density at radius 3 is 2.77 bits per heavy atom. The number of amides is 1. The monoisotopic (exact) mass is 341 g/mol. The zero-order valence-electron chi connectivity index (χ0n) is 12.2. The van der Waals surface area contributed by atoms with Crippen molar-refractivity contribution in [2.45, 2.75) is 25.3 Å². The Kier molecular flexibility index (Phi) is 7.07. The Morgan fingerprint density at radius 1 is 1.23 bits per heavy atom. The van der Waals surface area contributed by atoms with E-state index in [9.17, 15) is 4.79 Å². The molecule has 0 saturated heterocycles. The van der Waals surface area contributed by atoms with Crippen LogP contribution in [0.3, 0.4) is 0 Å². The first kappa shape index (κ1) is 18.7. The van der Waals surface area contributed by atoms with Crippen LogP contribution in [0.25, 0.3) is 10.8 Å². The molecular weight excluding hydrogens is 321 g/mol. The van der Waals surface area contributed by atoms with Crippen molar-refractivity contribution in [3.05, 3.63) is 42.2 Å². The van der Waals surface area contributed by atoms with Crippen molar-refractivity contribution in [2.24, 2.45) is 11.7 Å². The smallest absolute Gasteiger partial charge is 0.270 e. The summed E-state index contributed by atoms with van der Waals surface area (Å²) in [5.41, 5.74) is 6.27. The molecule has 1 fully saturated rings. The molecular formula is C16H21Cl2N3O. The van der Waals surface area contributed by atoms with E-state index in [1.165, 1.54) is 0 Å². The van der Waals surface area contributed by atoms with Crippen LogP contribution < -0.4 is 11.1 Å². The number of carbonyl (C=O) groups is 1. The highest BCUT2D eigenvalue weighted by Crippen LogP contribution is 2.25. The van der Waals surface area contributed by atoms with Gasteiger partial charge in [0.1, 0.15) is 5.69 Å². The first-order chi connectivity index (χ1) is 9.79. The third-order valence-electron chi connectivity index (χ3n) is 4.17. The lowest BCUT2D eigenvalue weighted by Gasteiger charge is -2.19. The fourth-order valence-electron chi connectivity index (χ4n) is 3.05. The molecule has 120 valence electrons. The predicted molar refractivity (Wildman–Crippen MR) is 93.9 cm³/mol. The van der Waals surface area contributed by atoms with Gasteiger partial charge in [0.05, 0.1) is 0 Å². The van der Waals surface area contributed by atoms with Crippen molar-refractivity contribution in [2.75, 3.05) is 6.54 Å². The summed E-state index contributed by atoms with van der Waals surface area (Å²) in [4.78, 5) is 16.7. The number of rotatable bonds is 3. The summed E-state index contributed by atoms with van der Waals surface area (Å²) in [5.74, 6) is 0.307. The lowest BCUT2D eigenvalue weighted by atomic mass is 10.0. The van der Waals surface area contributed by atoms with Gasteiger partial charge in [-0.15, -0.1) is 24.8 Å². The lowest BCUT2D eigenvalue weighted by molar-refractivity contribution is 0.0925. The van der Waals surface area contributed by atoms with E-state index in [4.69, 9.17) is 5.73 Å². The second kappa shape index (κ2) is 8.32. The minimum Gasteiger partial charge on any atom is -0.348 e. The highest BCUT2D eigenvalue weighted by molar-refractivity contribution is 6.05. The number of hydrogen-bond acceptors (Lipinski definition) is 3. The van der Waals surface area contributed by atoms with E-state index in [0.29, 0.717) is 18.2 Å². The topological polar surface area (TPSA) is 68.0 Å². The molecule has 1 aromatic carbocycles. The molecule has 3 rings (SSSR count). The Balaban J connectivity index is 0.00000121. The molecule has 0 aliphatic heterocycles. The van der Waals surface area contributed by atoms with Gasteiger partial charge < -0.3 is 11.1 Å². The van der Waals surface area contributed by atoms with Crippen molar-refractivity contribution in [1.29, 1.82) is 0 Å². The number of aromatic nitrogens is 1. The highest BCUT2D eigenvalue weighted by Gasteiger charge is 2.28. The van der Waals surface area contributed by atoms with Gasteiger partial charge in [-0.25, -0.2) is 0 Å². The maximum atomic E-state index is 12.5. The van der Waals surface area contributed by atoms with Crippen LogP contribution in [0.2, 0.25) is 0 Å². The normalized spacial score (nSPS) is 20.0. The van der Waals surface area contributed by atoms with E-state index >= 15 is 0 Å². The largest absolute Gasteiger partial charge is 0.348 e. The molecule has 22 heavy (non-hydrogen) atoms. The second-order valence-corrected chi connectivity index (χ2v) is 5.39.